The van der Waals surface area contributed by atoms with Gasteiger partial charge in [-0.15, -0.1) is 0 Å². The first-order valence-corrected chi connectivity index (χ1v) is 3.81. The van der Waals surface area contributed by atoms with Gasteiger partial charge in [0, 0.05) is 13.0 Å². The predicted molar refractivity (Wildman–Crippen MR) is 44.1 cm³/mol. The highest BCUT2D eigenvalue weighted by atomic mass is 19.1. The first-order valence-electron chi connectivity index (χ1n) is 3.81. The smallest absolute Gasteiger partial charge is 0.126 e. The first kappa shape index (κ1) is 9.13. The molecule has 0 aromatic heterocycles. The molecule has 1 rings (SSSR count). The van der Waals surface area contributed by atoms with E-state index in [4.69, 9.17) is 5.73 Å². The Morgan fingerprint density at radius 1 is 1.33 bits per heavy atom. The summed E-state index contributed by atoms with van der Waals surface area (Å²) in [7, 11) is 0. The average molecular weight is 171 g/mol. The number of hydrogen-bond donors (Lipinski definition) is 1. The van der Waals surface area contributed by atoms with E-state index in [1.54, 1.807) is 18.2 Å². The summed E-state index contributed by atoms with van der Waals surface area (Å²) < 4.78 is 25.6. The van der Waals surface area contributed by atoms with Crippen molar-refractivity contribution >= 4 is 0 Å². The Bertz CT molecular complexity index is 250. The van der Waals surface area contributed by atoms with Crippen LogP contribution in [-0.2, 0) is 6.42 Å². The summed E-state index contributed by atoms with van der Waals surface area (Å²) in [6.45, 7) is -0.0612. The normalized spacial score (nSPS) is 12.9. The van der Waals surface area contributed by atoms with Gasteiger partial charge < -0.3 is 5.73 Å². The Labute approximate surface area is 70.2 Å². The molecule has 0 spiro atoms. The van der Waals surface area contributed by atoms with Crippen LogP contribution in [-0.4, -0.2) is 12.7 Å². The zero-order valence-corrected chi connectivity index (χ0v) is 6.63. The van der Waals surface area contributed by atoms with Gasteiger partial charge in [-0.05, 0) is 11.6 Å². The van der Waals surface area contributed by atoms with E-state index in [1.165, 1.54) is 6.07 Å². The van der Waals surface area contributed by atoms with Crippen LogP contribution in [0.15, 0.2) is 24.3 Å². The van der Waals surface area contributed by atoms with E-state index in [2.05, 4.69) is 0 Å². The van der Waals surface area contributed by atoms with Crippen molar-refractivity contribution in [2.24, 2.45) is 5.73 Å². The molecule has 0 radical (unpaired) electrons. The van der Waals surface area contributed by atoms with Crippen LogP contribution in [0.25, 0.3) is 0 Å². The Kier molecular flexibility index (Phi) is 3.17. The first-order chi connectivity index (χ1) is 5.74. The van der Waals surface area contributed by atoms with E-state index < -0.39 is 6.17 Å². The molecule has 0 amide bonds. The summed E-state index contributed by atoms with van der Waals surface area (Å²) in [6.07, 6.45) is -1.09. The SMILES string of the molecule is NC[C@@H](F)Cc1ccccc1F. The third kappa shape index (κ3) is 2.27. The van der Waals surface area contributed by atoms with Crippen LogP contribution in [0.5, 0.6) is 0 Å². The fourth-order valence-corrected chi connectivity index (χ4v) is 0.986. The third-order valence-electron chi connectivity index (χ3n) is 1.65. The van der Waals surface area contributed by atoms with Gasteiger partial charge in [-0.3, -0.25) is 0 Å². The highest BCUT2D eigenvalue weighted by molar-refractivity contribution is 5.18. The molecular weight excluding hydrogens is 160 g/mol. The molecule has 3 heteroatoms. The van der Waals surface area contributed by atoms with Gasteiger partial charge in [0.1, 0.15) is 12.0 Å². The van der Waals surface area contributed by atoms with Crippen molar-refractivity contribution in [3.8, 4) is 0 Å². The average Bonchev–Trinajstić information content (AvgIpc) is 2.09. The molecule has 0 aliphatic rings. The van der Waals surface area contributed by atoms with Gasteiger partial charge in [0.25, 0.3) is 0 Å². The molecule has 1 atom stereocenters. The lowest BCUT2D eigenvalue weighted by molar-refractivity contribution is 0.337. The van der Waals surface area contributed by atoms with Gasteiger partial charge in [-0.25, -0.2) is 8.78 Å². The third-order valence-corrected chi connectivity index (χ3v) is 1.65. The van der Waals surface area contributed by atoms with E-state index in [9.17, 15) is 8.78 Å². The number of benzene rings is 1. The molecule has 0 bridgehead atoms. The maximum absolute atomic E-state index is 12.9. The number of rotatable bonds is 3. The molecule has 0 unspecified atom stereocenters. The van der Waals surface area contributed by atoms with E-state index in [1.807, 2.05) is 0 Å². The molecule has 1 aromatic carbocycles. The molecule has 12 heavy (non-hydrogen) atoms. The zero-order chi connectivity index (χ0) is 8.97. The standard InChI is InChI=1S/C9H11F2N/c10-8(6-12)5-7-3-1-2-4-9(7)11/h1-4,8H,5-6,12H2/t8-/m0/s1. The zero-order valence-electron chi connectivity index (χ0n) is 6.63. The highest BCUT2D eigenvalue weighted by Gasteiger charge is 2.07. The molecule has 0 saturated heterocycles. The number of alkyl halides is 1. The fourth-order valence-electron chi connectivity index (χ4n) is 0.986. The summed E-state index contributed by atoms with van der Waals surface area (Å²) in [5.41, 5.74) is 5.46. The highest BCUT2D eigenvalue weighted by Crippen LogP contribution is 2.09. The largest absolute Gasteiger partial charge is 0.328 e. The van der Waals surface area contributed by atoms with Crippen molar-refractivity contribution in [2.75, 3.05) is 6.54 Å². The molecule has 0 aliphatic heterocycles. The van der Waals surface area contributed by atoms with Crippen LogP contribution in [0.2, 0.25) is 0 Å². The van der Waals surface area contributed by atoms with Gasteiger partial charge >= 0.3 is 0 Å². The van der Waals surface area contributed by atoms with E-state index in [-0.39, 0.29) is 18.8 Å². The second-order valence-corrected chi connectivity index (χ2v) is 2.63. The van der Waals surface area contributed by atoms with Gasteiger partial charge in [0.05, 0.1) is 0 Å². The van der Waals surface area contributed by atoms with E-state index in [0.717, 1.165) is 0 Å². The van der Waals surface area contributed by atoms with Crippen LogP contribution >= 0.6 is 0 Å². The Balaban J connectivity index is 2.69. The monoisotopic (exact) mass is 171 g/mol. The topological polar surface area (TPSA) is 26.0 Å². The van der Waals surface area contributed by atoms with Crippen molar-refractivity contribution in [3.63, 3.8) is 0 Å². The van der Waals surface area contributed by atoms with E-state index in [0.29, 0.717) is 5.56 Å². The molecule has 0 saturated carbocycles. The minimum atomic E-state index is -1.15. The van der Waals surface area contributed by atoms with Gasteiger partial charge in [-0.1, -0.05) is 18.2 Å². The lowest BCUT2D eigenvalue weighted by atomic mass is 10.1. The number of nitrogens with two attached hydrogens (primary N) is 1. The summed E-state index contributed by atoms with van der Waals surface area (Å²) in [4.78, 5) is 0. The lowest BCUT2D eigenvalue weighted by Crippen LogP contribution is -2.18. The minimum absolute atomic E-state index is 0.0587. The quantitative estimate of drug-likeness (QED) is 0.735. The van der Waals surface area contributed by atoms with Gasteiger partial charge in [0.15, 0.2) is 0 Å². The number of halogens is 2. The minimum Gasteiger partial charge on any atom is -0.328 e. The molecule has 0 aliphatic carbocycles. The van der Waals surface area contributed by atoms with Crippen LogP contribution < -0.4 is 5.73 Å². The van der Waals surface area contributed by atoms with Crippen LogP contribution in [0, 0.1) is 5.82 Å². The lowest BCUT2D eigenvalue weighted by Gasteiger charge is -2.05. The molecule has 1 nitrogen and oxygen atoms in total. The fraction of sp³-hybridized carbons (Fsp3) is 0.333. The van der Waals surface area contributed by atoms with Crippen molar-refractivity contribution < 1.29 is 8.78 Å². The summed E-state index contributed by atoms with van der Waals surface area (Å²) in [5, 5.41) is 0. The van der Waals surface area contributed by atoms with E-state index >= 15 is 0 Å². The van der Waals surface area contributed by atoms with Crippen molar-refractivity contribution in [3.05, 3.63) is 35.6 Å². The molecular formula is C9H11F2N. The summed E-state index contributed by atoms with van der Waals surface area (Å²) in [6, 6.07) is 6.15. The van der Waals surface area contributed by atoms with Crippen molar-refractivity contribution in [1.82, 2.24) is 0 Å². The van der Waals surface area contributed by atoms with Crippen molar-refractivity contribution in [2.45, 2.75) is 12.6 Å². The predicted octanol–water partition coefficient (Wildman–Crippen LogP) is 1.66. The molecule has 0 fully saturated rings. The van der Waals surface area contributed by atoms with Crippen LogP contribution in [0.4, 0.5) is 8.78 Å². The Hall–Kier alpha value is -0.960. The maximum Gasteiger partial charge on any atom is 0.126 e. The number of hydrogen-bond acceptors (Lipinski definition) is 1. The van der Waals surface area contributed by atoms with Crippen LogP contribution in [0.1, 0.15) is 5.56 Å². The Morgan fingerprint density at radius 2 is 2.00 bits per heavy atom. The summed E-state index contributed by atoms with van der Waals surface area (Å²) >= 11 is 0. The second-order valence-electron chi connectivity index (χ2n) is 2.63. The summed E-state index contributed by atoms with van der Waals surface area (Å²) in [5.74, 6) is -0.367. The van der Waals surface area contributed by atoms with Crippen molar-refractivity contribution in [1.29, 1.82) is 0 Å². The second kappa shape index (κ2) is 4.16. The van der Waals surface area contributed by atoms with Crippen LogP contribution in [0.3, 0.4) is 0 Å². The Morgan fingerprint density at radius 3 is 2.58 bits per heavy atom. The molecule has 1 aromatic rings. The maximum atomic E-state index is 12.9. The van der Waals surface area contributed by atoms with Gasteiger partial charge in [0.2, 0.25) is 0 Å². The molecule has 66 valence electrons. The molecule has 2 N–H and O–H groups in total. The molecule has 0 heterocycles. The van der Waals surface area contributed by atoms with Gasteiger partial charge in [-0.2, -0.15) is 0 Å².